The van der Waals surface area contributed by atoms with E-state index < -0.39 is 6.61 Å². The van der Waals surface area contributed by atoms with Gasteiger partial charge in [0.1, 0.15) is 5.82 Å². The molecule has 1 aromatic heterocycles. The van der Waals surface area contributed by atoms with Gasteiger partial charge in [0.05, 0.1) is 12.8 Å². The number of nitrogens with two attached hydrogens (primary N) is 1. The van der Waals surface area contributed by atoms with Gasteiger partial charge in [-0.15, -0.1) is 0 Å². The van der Waals surface area contributed by atoms with Gasteiger partial charge in [0.15, 0.2) is 11.5 Å². The fraction of sp³-hybridized carbons (Fsp3) is 0.250. The SMILES string of the molecule is CCOc1cc(/C=N\n2c(N)cc(C)cc2=O)ccc1OC(F)F. The Balaban J connectivity index is 2.33. The van der Waals surface area contributed by atoms with Crippen LogP contribution in [0, 0.1) is 6.92 Å². The van der Waals surface area contributed by atoms with E-state index in [9.17, 15) is 13.6 Å². The molecule has 0 aliphatic heterocycles. The van der Waals surface area contributed by atoms with Crippen LogP contribution in [0.2, 0.25) is 0 Å². The zero-order chi connectivity index (χ0) is 17.7. The minimum atomic E-state index is -2.95. The fourth-order valence-electron chi connectivity index (χ4n) is 2.03. The van der Waals surface area contributed by atoms with E-state index in [2.05, 4.69) is 9.84 Å². The summed E-state index contributed by atoms with van der Waals surface area (Å²) in [6.07, 6.45) is 1.38. The summed E-state index contributed by atoms with van der Waals surface area (Å²) in [5.74, 6) is 0.279. The van der Waals surface area contributed by atoms with Gasteiger partial charge >= 0.3 is 6.61 Å². The summed E-state index contributed by atoms with van der Waals surface area (Å²) in [5, 5.41) is 4.02. The number of alkyl halides is 2. The summed E-state index contributed by atoms with van der Waals surface area (Å²) in [6, 6.07) is 7.36. The molecule has 1 aromatic carbocycles. The Morgan fingerprint density at radius 2 is 2.04 bits per heavy atom. The van der Waals surface area contributed by atoms with Gasteiger partial charge in [-0.05, 0) is 49.2 Å². The number of benzene rings is 1. The van der Waals surface area contributed by atoms with E-state index in [1.807, 2.05) is 0 Å². The van der Waals surface area contributed by atoms with Crippen molar-refractivity contribution in [1.82, 2.24) is 4.68 Å². The summed E-state index contributed by atoms with van der Waals surface area (Å²) < 4.78 is 35.5. The molecule has 0 aliphatic rings. The van der Waals surface area contributed by atoms with Crippen LogP contribution in [0.3, 0.4) is 0 Å². The van der Waals surface area contributed by atoms with Crippen molar-refractivity contribution in [3.63, 3.8) is 0 Å². The van der Waals surface area contributed by atoms with Crippen LogP contribution in [-0.2, 0) is 0 Å². The minimum absolute atomic E-state index is 0.0731. The first-order chi connectivity index (χ1) is 11.4. The maximum absolute atomic E-state index is 12.4. The first-order valence-corrected chi connectivity index (χ1v) is 7.16. The molecule has 0 atom stereocenters. The van der Waals surface area contributed by atoms with Crippen molar-refractivity contribution < 1.29 is 18.3 Å². The highest BCUT2D eigenvalue weighted by Gasteiger charge is 2.11. The smallest absolute Gasteiger partial charge is 0.387 e. The van der Waals surface area contributed by atoms with Gasteiger partial charge in [0.25, 0.3) is 5.56 Å². The van der Waals surface area contributed by atoms with Gasteiger partial charge in [0, 0.05) is 6.07 Å². The molecule has 0 fully saturated rings. The number of halogens is 2. The van der Waals surface area contributed by atoms with Gasteiger partial charge in [-0.3, -0.25) is 4.79 Å². The second-order valence-corrected chi connectivity index (χ2v) is 4.87. The highest BCUT2D eigenvalue weighted by atomic mass is 19.3. The minimum Gasteiger partial charge on any atom is -0.490 e. The molecule has 24 heavy (non-hydrogen) atoms. The van der Waals surface area contributed by atoms with Crippen molar-refractivity contribution >= 4 is 12.0 Å². The van der Waals surface area contributed by atoms with Gasteiger partial charge in [-0.2, -0.15) is 18.6 Å². The van der Waals surface area contributed by atoms with Crippen molar-refractivity contribution in [2.24, 2.45) is 5.10 Å². The van der Waals surface area contributed by atoms with Crippen LogP contribution in [-0.4, -0.2) is 24.1 Å². The molecule has 2 aromatic rings. The van der Waals surface area contributed by atoms with E-state index in [4.69, 9.17) is 10.5 Å². The predicted octanol–water partition coefficient (Wildman–Crippen LogP) is 2.62. The summed E-state index contributed by atoms with van der Waals surface area (Å²) in [6.45, 7) is 0.807. The lowest BCUT2D eigenvalue weighted by Crippen LogP contribution is -2.19. The van der Waals surface area contributed by atoms with Crippen LogP contribution in [0.25, 0.3) is 0 Å². The Morgan fingerprint density at radius 1 is 1.29 bits per heavy atom. The Kier molecular flexibility index (Phi) is 5.51. The standard InChI is InChI=1S/C16H17F2N3O3/c1-3-23-13-8-11(4-5-12(13)24-16(17)18)9-20-21-14(19)6-10(2)7-15(21)22/h4-9,16H,3,19H2,1-2H3/b20-9-. The third-order valence-electron chi connectivity index (χ3n) is 2.99. The molecule has 0 bridgehead atoms. The monoisotopic (exact) mass is 337 g/mol. The van der Waals surface area contributed by atoms with Gasteiger partial charge in [-0.1, -0.05) is 0 Å². The largest absolute Gasteiger partial charge is 0.490 e. The molecule has 0 saturated heterocycles. The molecular formula is C16H17F2N3O3. The predicted molar refractivity (Wildman–Crippen MR) is 87.1 cm³/mol. The van der Waals surface area contributed by atoms with E-state index in [0.717, 1.165) is 10.2 Å². The van der Waals surface area contributed by atoms with E-state index in [0.29, 0.717) is 5.56 Å². The molecule has 128 valence electrons. The number of pyridine rings is 1. The Hall–Kier alpha value is -2.90. The van der Waals surface area contributed by atoms with Crippen molar-refractivity contribution in [3.05, 3.63) is 51.8 Å². The first-order valence-electron chi connectivity index (χ1n) is 7.16. The molecule has 0 aliphatic carbocycles. The van der Waals surface area contributed by atoms with E-state index in [1.54, 1.807) is 19.9 Å². The van der Waals surface area contributed by atoms with Crippen molar-refractivity contribution in [3.8, 4) is 11.5 Å². The number of hydrogen-bond acceptors (Lipinski definition) is 5. The van der Waals surface area contributed by atoms with Crippen molar-refractivity contribution in [1.29, 1.82) is 0 Å². The molecule has 0 amide bonds. The molecule has 6 nitrogen and oxygen atoms in total. The summed E-state index contributed by atoms with van der Waals surface area (Å²) in [7, 11) is 0. The maximum Gasteiger partial charge on any atom is 0.387 e. The number of anilines is 1. The van der Waals surface area contributed by atoms with Crippen molar-refractivity contribution in [2.45, 2.75) is 20.5 Å². The molecule has 2 N–H and O–H groups in total. The van der Waals surface area contributed by atoms with Crippen LogP contribution in [0.4, 0.5) is 14.6 Å². The van der Waals surface area contributed by atoms with Gasteiger partial charge < -0.3 is 15.2 Å². The van der Waals surface area contributed by atoms with E-state index in [-0.39, 0.29) is 29.5 Å². The maximum atomic E-state index is 12.4. The number of aryl methyl sites for hydroxylation is 1. The molecule has 0 radical (unpaired) electrons. The number of nitrogen functional groups attached to an aromatic ring is 1. The van der Waals surface area contributed by atoms with Crippen LogP contribution in [0.15, 0.2) is 40.2 Å². The Bertz CT molecular complexity index is 804. The van der Waals surface area contributed by atoms with Crippen LogP contribution < -0.4 is 20.8 Å². The third-order valence-corrected chi connectivity index (χ3v) is 2.99. The number of ether oxygens (including phenoxy) is 2. The second-order valence-electron chi connectivity index (χ2n) is 4.87. The normalized spacial score (nSPS) is 11.2. The number of hydrogen-bond donors (Lipinski definition) is 1. The van der Waals surface area contributed by atoms with E-state index in [1.165, 1.54) is 30.5 Å². The fourth-order valence-corrected chi connectivity index (χ4v) is 2.03. The van der Waals surface area contributed by atoms with E-state index >= 15 is 0 Å². The molecule has 0 unspecified atom stereocenters. The Morgan fingerprint density at radius 3 is 2.67 bits per heavy atom. The summed E-state index contributed by atoms with van der Waals surface area (Å²) in [5.41, 5.74) is 6.66. The Labute approximate surface area is 137 Å². The van der Waals surface area contributed by atoms with Crippen LogP contribution in [0.1, 0.15) is 18.1 Å². The van der Waals surface area contributed by atoms with Crippen LogP contribution in [0.5, 0.6) is 11.5 Å². The summed E-state index contributed by atoms with van der Waals surface area (Å²) >= 11 is 0. The highest BCUT2D eigenvalue weighted by Crippen LogP contribution is 2.29. The molecule has 2 rings (SSSR count). The molecule has 8 heteroatoms. The number of nitrogens with zero attached hydrogens (tertiary/aromatic N) is 2. The molecule has 1 heterocycles. The zero-order valence-electron chi connectivity index (χ0n) is 13.2. The molecule has 0 spiro atoms. The third kappa shape index (κ3) is 4.31. The first kappa shape index (κ1) is 17.5. The molecular weight excluding hydrogens is 320 g/mol. The average molecular weight is 337 g/mol. The van der Waals surface area contributed by atoms with Gasteiger partial charge in [0.2, 0.25) is 0 Å². The quantitative estimate of drug-likeness (QED) is 0.822. The highest BCUT2D eigenvalue weighted by molar-refractivity contribution is 5.81. The topological polar surface area (TPSA) is 78.8 Å². The number of rotatable bonds is 6. The number of aromatic nitrogens is 1. The lowest BCUT2D eigenvalue weighted by Gasteiger charge is -2.11. The van der Waals surface area contributed by atoms with Crippen LogP contribution >= 0.6 is 0 Å². The summed E-state index contributed by atoms with van der Waals surface area (Å²) in [4.78, 5) is 11.9. The average Bonchev–Trinajstić information content (AvgIpc) is 2.48. The lowest BCUT2D eigenvalue weighted by atomic mass is 10.2. The lowest BCUT2D eigenvalue weighted by molar-refractivity contribution is -0.0514. The zero-order valence-corrected chi connectivity index (χ0v) is 13.2. The van der Waals surface area contributed by atoms with Gasteiger partial charge in [-0.25, -0.2) is 0 Å². The van der Waals surface area contributed by atoms with Crippen molar-refractivity contribution in [2.75, 3.05) is 12.3 Å². The second kappa shape index (κ2) is 7.58. The molecule has 0 saturated carbocycles.